The molecule has 40 heavy (non-hydrogen) atoms. The lowest BCUT2D eigenvalue weighted by Gasteiger charge is -2.30. The van der Waals surface area contributed by atoms with E-state index >= 15 is 0 Å². The van der Waals surface area contributed by atoms with Crippen LogP contribution in [-0.2, 0) is 19.6 Å². The Balaban J connectivity index is 1.49. The Morgan fingerprint density at radius 3 is 2.33 bits per heavy atom. The highest BCUT2D eigenvalue weighted by Crippen LogP contribution is 2.27. The molecule has 0 saturated carbocycles. The summed E-state index contributed by atoms with van der Waals surface area (Å²) in [7, 11) is 3.22. The third-order valence-corrected chi connectivity index (χ3v) is 6.98. The molecule has 10 heteroatoms. The number of hydrogen-bond acceptors (Lipinski definition) is 7. The van der Waals surface area contributed by atoms with Gasteiger partial charge in [0.2, 0.25) is 0 Å². The predicted molar refractivity (Wildman–Crippen MR) is 150 cm³/mol. The Morgan fingerprint density at radius 2 is 1.62 bits per heavy atom. The highest BCUT2D eigenvalue weighted by atomic mass is 19.1. The van der Waals surface area contributed by atoms with Gasteiger partial charge in [-0.1, -0.05) is 31.2 Å². The SMILES string of the molecule is CC[C@@H](c1nnnn1Cc1ccc(OC)cc1)N(Cc1ccc(F)cc1)Cc1cc2ccc(OC)cc2[nH]c1=O. The molecule has 0 aliphatic heterocycles. The first-order valence-corrected chi connectivity index (χ1v) is 13.0. The molecule has 2 aromatic heterocycles. The van der Waals surface area contributed by atoms with Crippen molar-refractivity contribution in [3.05, 3.63) is 111 Å². The van der Waals surface area contributed by atoms with Crippen LogP contribution in [-0.4, -0.2) is 44.3 Å². The van der Waals surface area contributed by atoms with Crippen molar-refractivity contribution in [1.82, 2.24) is 30.1 Å². The van der Waals surface area contributed by atoms with E-state index in [1.54, 1.807) is 37.1 Å². The van der Waals surface area contributed by atoms with Gasteiger partial charge in [-0.2, -0.15) is 0 Å². The van der Waals surface area contributed by atoms with Gasteiger partial charge in [0.1, 0.15) is 17.3 Å². The quantitative estimate of drug-likeness (QED) is 0.254. The van der Waals surface area contributed by atoms with E-state index in [1.807, 2.05) is 42.5 Å². The van der Waals surface area contributed by atoms with Gasteiger partial charge in [-0.25, -0.2) is 9.07 Å². The molecule has 0 unspecified atom stereocenters. The molecule has 0 bridgehead atoms. The molecule has 5 aromatic rings. The van der Waals surface area contributed by atoms with Gasteiger partial charge < -0.3 is 14.5 Å². The van der Waals surface area contributed by atoms with E-state index in [1.165, 1.54) is 12.1 Å². The summed E-state index contributed by atoms with van der Waals surface area (Å²) in [6, 6.07) is 21.4. The Morgan fingerprint density at radius 1 is 0.925 bits per heavy atom. The summed E-state index contributed by atoms with van der Waals surface area (Å²) in [5, 5.41) is 13.6. The van der Waals surface area contributed by atoms with Crippen LogP contribution in [0.5, 0.6) is 11.5 Å². The Bertz CT molecular complexity index is 1630. The van der Waals surface area contributed by atoms with Gasteiger partial charge in [-0.05, 0) is 75.8 Å². The fourth-order valence-corrected chi connectivity index (χ4v) is 4.86. The van der Waals surface area contributed by atoms with E-state index in [0.29, 0.717) is 48.7 Å². The van der Waals surface area contributed by atoms with Crippen molar-refractivity contribution in [2.24, 2.45) is 0 Å². The monoisotopic (exact) mass is 542 g/mol. The molecule has 0 radical (unpaired) electrons. The molecule has 0 spiro atoms. The maximum absolute atomic E-state index is 13.7. The summed E-state index contributed by atoms with van der Waals surface area (Å²) in [6.07, 6.45) is 0.687. The number of H-pyrrole nitrogens is 1. The number of fused-ring (bicyclic) bond motifs is 1. The first kappa shape index (κ1) is 27.0. The number of aromatic nitrogens is 5. The summed E-state index contributed by atoms with van der Waals surface area (Å²) >= 11 is 0. The number of pyridine rings is 1. The summed E-state index contributed by atoms with van der Waals surface area (Å²) in [5.41, 5.74) is 3.06. The van der Waals surface area contributed by atoms with Crippen LogP contribution >= 0.6 is 0 Å². The largest absolute Gasteiger partial charge is 0.497 e. The minimum atomic E-state index is -0.299. The lowest BCUT2D eigenvalue weighted by molar-refractivity contribution is 0.161. The Labute approximate surface area is 231 Å². The van der Waals surface area contributed by atoms with E-state index in [0.717, 1.165) is 22.3 Å². The third-order valence-electron chi connectivity index (χ3n) is 6.98. The lowest BCUT2D eigenvalue weighted by Crippen LogP contribution is -2.32. The maximum atomic E-state index is 13.7. The fraction of sp³-hybridized carbons (Fsp3) is 0.267. The number of benzene rings is 3. The molecule has 0 amide bonds. The van der Waals surface area contributed by atoms with Gasteiger partial charge in [0.05, 0.1) is 32.3 Å². The highest BCUT2D eigenvalue weighted by Gasteiger charge is 2.26. The van der Waals surface area contributed by atoms with Gasteiger partial charge in [0.15, 0.2) is 5.82 Å². The number of hydrogen-bond donors (Lipinski definition) is 1. The smallest absolute Gasteiger partial charge is 0.252 e. The number of aromatic amines is 1. The molecule has 206 valence electrons. The Hall–Kier alpha value is -4.57. The average Bonchev–Trinajstić information content (AvgIpc) is 3.42. The zero-order valence-corrected chi connectivity index (χ0v) is 22.7. The van der Waals surface area contributed by atoms with E-state index in [2.05, 4.69) is 32.3 Å². The fourth-order valence-electron chi connectivity index (χ4n) is 4.86. The minimum absolute atomic E-state index is 0.183. The van der Waals surface area contributed by atoms with Crippen molar-refractivity contribution in [2.45, 2.75) is 39.0 Å². The van der Waals surface area contributed by atoms with E-state index in [4.69, 9.17) is 9.47 Å². The molecule has 0 fully saturated rings. The standard InChI is InChI=1S/C30H31FN6O3/c1-4-28(29-33-34-35-37(29)18-21-7-12-25(39-2)13-8-21)36(17-20-5-10-24(31)11-6-20)19-23-15-22-9-14-26(40-3)16-27(22)32-30(23)38/h5-16,28H,4,17-19H2,1-3H3,(H,32,38)/t28-/m0/s1. The number of rotatable bonds is 11. The van der Waals surface area contributed by atoms with Gasteiger partial charge in [0, 0.05) is 24.7 Å². The molecule has 0 aliphatic rings. The first-order valence-electron chi connectivity index (χ1n) is 13.0. The molecular formula is C30H31FN6O3. The van der Waals surface area contributed by atoms with E-state index < -0.39 is 0 Å². The normalized spacial score (nSPS) is 12.1. The number of nitrogens with one attached hydrogen (secondary N) is 1. The molecule has 5 rings (SSSR count). The zero-order valence-electron chi connectivity index (χ0n) is 22.7. The number of halogens is 1. The molecular weight excluding hydrogens is 511 g/mol. The summed E-state index contributed by atoms with van der Waals surface area (Å²) in [5.74, 6) is 1.83. The Kier molecular flexibility index (Phi) is 8.16. The molecule has 0 saturated heterocycles. The number of nitrogens with zero attached hydrogens (tertiary/aromatic N) is 5. The summed E-state index contributed by atoms with van der Waals surface area (Å²) < 4.78 is 26.0. The first-order chi connectivity index (χ1) is 19.5. The van der Waals surface area contributed by atoms with Crippen LogP contribution in [0.3, 0.4) is 0 Å². The van der Waals surface area contributed by atoms with E-state index in [9.17, 15) is 9.18 Å². The second-order valence-corrected chi connectivity index (χ2v) is 9.58. The molecule has 1 N–H and O–H groups in total. The van der Waals surface area contributed by atoms with Gasteiger partial charge in [0.25, 0.3) is 5.56 Å². The van der Waals surface area contributed by atoms with Crippen molar-refractivity contribution < 1.29 is 13.9 Å². The van der Waals surface area contributed by atoms with Crippen LogP contribution in [0.15, 0.2) is 77.6 Å². The molecule has 0 aliphatic carbocycles. The second-order valence-electron chi connectivity index (χ2n) is 9.58. The molecule has 9 nitrogen and oxygen atoms in total. The number of ether oxygens (including phenoxy) is 2. The summed E-state index contributed by atoms with van der Waals surface area (Å²) in [4.78, 5) is 18.3. The molecule has 2 heterocycles. The minimum Gasteiger partial charge on any atom is -0.497 e. The van der Waals surface area contributed by atoms with E-state index in [-0.39, 0.29) is 17.4 Å². The van der Waals surface area contributed by atoms with Crippen molar-refractivity contribution in [1.29, 1.82) is 0 Å². The van der Waals surface area contributed by atoms with Gasteiger partial charge in [-0.3, -0.25) is 9.69 Å². The van der Waals surface area contributed by atoms with Gasteiger partial charge >= 0.3 is 0 Å². The van der Waals surface area contributed by atoms with Crippen molar-refractivity contribution in [2.75, 3.05) is 14.2 Å². The van der Waals surface area contributed by atoms with Crippen LogP contribution < -0.4 is 15.0 Å². The maximum Gasteiger partial charge on any atom is 0.252 e. The number of methoxy groups -OCH3 is 2. The zero-order chi connectivity index (χ0) is 28.1. The van der Waals surface area contributed by atoms with Crippen LogP contribution in [0.25, 0.3) is 10.9 Å². The average molecular weight is 543 g/mol. The van der Waals surface area contributed by atoms with Crippen LogP contribution in [0, 0.1) is 5.82 Å². The third kappa shape index (κ3) is 6.02. The lowest BCUT2D eigenvalue weighted by atomic mass is 10.1. The number of tetrazole rings is 1. The van der Waals surface area contributed by atoms with Crippen molar-refractivity contribution >= 4 is 10.9 Å². The van der Waals surface area contributed by atoms with Crippen LogP contribution in [0.2, 0.25) is 0 Å². The van der Waals surface area contributed by atoms with Crippen LogP contribution in [0.4, 0.5) is 4.39 Å². The summed E-state index contributed by atoms with van der Waals surface area (Å²) in [6.45, 7) is 3.34. The topological polar surface area (TPSA) is 98.2 Å². The van der Waals surface area contributed by atoms with Crippen molar-refractivity contribution in [3.8, 4) is 11.5 Å². The highest BCUT2D eigenvalue weighted by molar-refractivity contribution is 5.80. The van der Waals surface area contributed by atoms with Crippen molar-refractivity contribution in [3.63, 3.8) is 0 Å². The second kappa shape index (κ2) is 12.1. The predicted octanol–water partition coefficient (Wildman–Crippen LogP) is 4.87. The molecule has 3 aromatic carbocycles. The van der Waals surface area contributed by atoms with Crippen LogP contribution in [0.1, 0.15) is 41.9 Å². The van der Waals surface area contributed by atoms with Gasteiger partial charge in [-0.15, -0.1) is 5.10 Å². The molecule has 1 atom stereocenters.